The fourth-order valence-electron chi connectivity index (χ4n) is 4.97. The van der Waals surface area contributed by atoms with Crippen LogP contribution in [0.1, 0.15) is 50.2 Å². The molecule has 196 valence electrons. The summed E-state index contributed by atoms with van der Waals surface area (Å²) >= 11 is 6.22. The first-order valence-electron chi connectivity index (χ1n) is 12.6. The molecule has 2 fully saturated rings. The van der Waals surface area contributed by atoms with E-state index >= 15 is 0 Å². The second-order valence-electron chi connectivity index (χ2n) is 9.55. The molecule has 1 aromatic rings. The second-order valence-corrected chi connectivity index (χ2v) is 9.98. The van der Waals surface area contributed by atoms with Crippen LogP contribution in [0.5, 0.6) is 0 Å². The largest absolute Gasteiger partial charge is 0.465 e. The summed E-state index contributed by atoms with van der Waals surface area (Å²) in [5.74, 6) is 0.518. The molecule has 0 radical (unpaired) electrons. The summed E-state index contributed by atoms with van der Waals surface area (Å²) in [6.07, 6.45) is 4.62. The van der Waals surface area contributed by atoms with Crippen LogP contribution in [0.4, 0.5) is 9.59 Å². The molecule has 2 aliphatic heterocycles. The Morgan fingerprint density at radius 2 is 2.11 bits per heavy atom. The van der Waals surface area contributed by atoms with E-state index in [4.69, 9.17) is 31.9 Å². The van der Waals surface area contributed by atoms with E-state index in [-0.39, 0.29) is 37.2 Å². The topological polar surface area (TPSA) is 126 Å². The number of halogens is 1. The first-order valence-corrected chi connectivity index (χ1v) is 13.0. The molecule has 3 rings (SSSR count). The molecule has 4 atom stereocenters. The summed E-state index contributed by atoms with van der Waals surface area (Å²) in [5.41, 5.74) is 7.24. The third-order valence-corrected chi connectivity index (χ3v) is 6.92. The van der Waals surface area contributed by atoms with Crippen molar-refractivity contribution in [3.63, 3.8) is 0 Å². The Bertz CT molecular complexity index is 806. The van der Waals surface area contributed by atoms with Crippen molar-refractivity contribution in [1.29, 1.82) is 0 Å². The van der Waals surface area contributed by atoms with Gasteiger partial charge in [0.2, 0.25) is 0 Å². The van der Waals surface area contributed by atoms with Gasteiger partial charge in [-0.2, -0.15) is 0 Å². The maximum Gasteiger partial charge on any atom is 0.404 e. The van der Waals surface area contributed by atoms with E-state index in [9.17, 15) is 9.59 Å². The fraction of sp³-hybridized carbons (Fsp3) is 0.680. The highest BCUT2D eigenvalue weighted by Crippen LogP contribution is 2.34. The van der Waals surface area contributed by atoms with Gasteiger partial charge in [0, 0.05) is 56.4 Å². The van der Waals surface area contributed by atoms with Crippen LogP contribution in [-0.2, 0) is 9.47 Å². The second kappa shape index (κ2) is 14.5. The number of carboxylic acid groups (broad SMARTS) is 1. The first-order chi connectivity index (χ1) is 16.9. The average molecular weight is 511 g/mol. The lowest BCUT2D eigenvalue weighted by Gasteiger charge is -2.37. The molecule has 2 saturated heterocycles. The number of hydrogen-bond donors (Lipinski definition) is 4. The van der Waals surface area contributed by atoms with Crippen molar-refractivity contribution < 1.29 is 24.2 Å². The molecule has 1 aromatic carbocycles. The Kier molecular flexibility index (Phi) is 11.4. The normalized spacial score (nSPS) is 22.6. The lowest BCUT2D eigenvalue weighted by atomic mass is 9.88. The SMILES string of the molecule is N[C@H](CNC(=O)N1CCC[C@@H]([C@@H](OCCNC(=O)O)c2cccc(Cl)c2)C1)C[C@H]1CCCCOC1. The van der Waals surface area contributed by atoms with Gasteiger partial charge < -0.3 is 35.8 Å². The molecule has 0 spiro atoms. The van der Waals surface area contributed by atoms with Gasteiger partial charge >= 0.3 is 12.1 Å². The average Bonchev–Trinajstić information content (AvgIpc) is 3.11. The Labute approximate surface area is 212 Å². The molecular weight excluding hydrogens is 472 g/mol. The van der Waals surface area contributed by atoms with Gasteiger partial charge in [0.1, 0.15) is 0 Å². The van der Waals surface area contributed by atoms with Crippen molar-refractivity contribution >= 4 is 23.7 Å². The van der Waals surface area contributed by atoms with Gasteiger partial charge in [0.15, 0.2) is 0 Å². The van der Waals surface area contributed by atoms with Gasteiger partial charge in [-0.25, -0.2) is 9.59 Å². The van der Waals surface area contributed by atoms with Crippen molar-refractivity contribution in [2.24, 2.45) is 17.6 Å². The van der Waals surface area contributed by atoms with E-state index in [0.29, 0.717) is 30.6 Å². The van der Waals surface area contributed by atoms with E-state index in [0.717, 1.165) is 50.9 Å². The highest BCUT2D eigenvalue weighted by molar-refractivity contribution is 6.30. The zero-order valence-electron chi connectivity index (χ0n) is 20.3. The number of rotatable bonds is 10. The van der Waals surface area contributed by atoms with Crippen LogP contribution in [0.2, 0.25) is 5.02 Å². The fourth-order valence-corrected chi connectivity index (χ4v) is 5.17. The van der Waals surface area contributed by atoms with Crippen LogP contribution in [0, 0.1) is 11.8 Å². The molecule has 0 saturated carbocycles. The number of nitrogens with zero attached hydrogens (tertiary/aromatic N) is 1. The predicted octanol–water partition coefficient (Wildman–Crippen LogP) is 3.62. The molecular formula is C25H39ClN4O5. The summed E-state index contributed by atoms with van der Waals surface area (Å²) in [6, 6.07) is 7.29. The van der Waals surface area contributed by atoms with Crippen molar-refractivity contribution in [3.05, 3.63) is 34.9 Å². The standard InChI is InChI=1S/C25H39ClN4O5/c26-21-8-3-6-19(14-21)23(35-12-9-28-25(32)33)20-7-4-10-30(16-20)24(31)29-15-22(27)13-18-5-1-2-11-34-17-18/h3,6,8,14,18,20,22-23,28H,1-2,4-5,7,9-13,15-17,27H2,(H,29,31)(H,32,33)/t18-,20-,22+,23+/m1/s1. The van der Waals surface area contributed by atoms with E-state index in [2.05, 4.69) is 10.6 Å². The smallest absolute Gasteiger partial charge is 0.404 e. The number of nitrogens with two attached hydrogens (primary N) is 1. The molecule has 2 aliphatic rings. The predicted molar refractivity (Wildman–Crippen MR) is 135 cm³/mol. The van der Waals surface area contributed by atoms with E-state index < -0.39 is 6.09 Å². The summed E-state index contributed by atoms with van der Waals surface area (Å²) in [5, 5.41) is 14.8. The van der Waals surface area contributed by atoms with Crippen molar-refractivity contribution in [1.82, 2.24) is 15.5 Å². The molecule has 0 aliphatic carbocycles. The van der Waals surface area contributed by atoms with Crippen molar-refractivity contribution in [2.75, 3.05) is 46.0 Å². The molecule has 2 heterocycles. The number of ether oxygens (including phenoxy) is 2. The lowest BCUT2D eigenvalue weighted by molar-refractivity contribution is -0.00835. The van der Waals surface area contributed by atoms with Gasteiger partial charge in [0.25, 0.3) is 0 Å². The molecule has 0 bridgehead atoms. The first kappa shape index (κ1) is 27.5. The molecule has 9 nitrogen and oxygen atoms in total. The van der Waals surface area contributed by atoms with Gasteiger partial charge in [-0.1, -0.05) is 30.2 Å². The highest BCUT2D eigenvalue weighted by Gasteiger charge is 2.31. The minimum Gasteiger partial charge on any atom is -0.465 e. The van der Waals surface area contributed by atoms with E-state index in [1.54, 1.807) is 6.07 Å². The van der Waals surface area contributed by atoms with Crippen LogP contribution in [0.15, 0.2) is 24.3 Å². The number of urea groups is 1. The molecule has 35 heavy (non-hydrogen) atoms. The molecule has 10 heteroatoms. The quantitative estimate of drug-likeness (QED) is 0.356. The van der Waals surface area contributed by atoms with Crippen LogP contribution in [0.25, 0.3) is 0 Å². The Hall–Kier alpha value is -2.07. The third-order valence-electron chi connectivity index (χ3n) is 6.68. The Morgan fingerprint density at radius 3 is 2.91 bits per heavy atom. The number of hydrogen-bond acceptors (Lipinski definition) is 5. The summed E-state index contributed by atoms with van der Waals surface area (Å²) in [7, 11) is 0. The van der Waals surface area contributed by atoms with Crippen LogP contribution >= 0.6 is 11.6 Å². The van der Waals surface area contributed by atoms with Crippen LogP contribution < -0.4 is 16.4 Å². The summed E-state index contributed by atoms with van der Waals surface area (Å²) in [4.78, 5) is 25.5. The number of nitrogens with one attached hydrogen (secondary N) is 2. The maximum atomic E-state index is 12.9. The molecule has 5 N–H and O–H groups in total. The minimum absolute atomic E-state index is 0.0644. The zero-order chi connectivity index (χ0) is 25.0. The number of amides is 3. The summed E-state index contributed by atoms with van der Waals surface area (Å²) in [6.45, 7) is 3.65. The number of piperidine rings is 1. The van der Waals surface area contributed by atoms with Crippen LogP contribution in [-0.4, -0.2) is 74.2 Å². The third kappa shape index (κ3) is 9.48. The number of likely N-dealkylation sites (tertiary alicyclic amines) is 1. The molecule has 0 unspecified atom stereocenters. The number of carbonyl (C=O) groups excluding carboxylic acids is 1. The van der Waals surface area contributed by atoms with Gasteiger partial charge in [0.05, 0.1) is 12.7 Å². The highest BCUT2D eigenvalue weighted by atomic mass is 35.5. The van der Waals surface area contributed by atoms with Crippen molar-refractivity contribution in [2.45, 2.75) is 50.7 Å². The van der Waals surface area contributed by atoms with Gasteiger partial charge in [-0.3, -0.25) is 0 Å². The van der Waals surface area contributed by atoms with E-state index in [1.165, 1.54) is 6.42 Å². The van der Waals surface area contributed by atoms with Crippen molar-refractivity contribution in [3.8, 4) is 0 Å². The molecule has 0 aromatic heterocycles. The number of carbonyl (C=O) groups is 2. The van der Waals surface area contributed by atoms with E-state index in [1.807, 2.05) is 23.1 Å². The summed E-state index contributed by atoms with van der Waals surface area (Å²) < 4.78 is 11.8. The lowest BCUT2D eigenvalue weighted by Crippen LogP contribution is -2.49. The maximum absolute atomic E-state index is 12.9. The van der Waals surface area contributed by atoms with Gasteiger partial charge in [-0.05, 0) is 55.7 Å². The van der Waals surface area contributed by atoms with Gasteiger partial charge in [-0.15, -0.1) is 0 Å². The minimum atomic E-state index is -1.09. The monoisotopic (exact) mass is 510 g/mol. The zero-order valence-corrected chi connectivity index (χ0v) is 21.0. The Morgan fingerprint density at radius 1 is 1.26 bits per heavy atom. The van der Waals surface area contributed by atoms with Crippen LogP contribution in [0.3, 0.4) is 0 Å². The Balaban J connectivity index is 1.53. The number of benzene rings is 1. The molecule has 3 amide bonds.